The zero-order chi connectivity index (χ0) is 23.5. The predicted molar refractivity (Wildman–Crippen MR) is 136 cm³/mol. The molecule has 5 heteroatoms. The highest BCUT2D eigenvalue weighted by Crippen LogP contribution is 2.41. The van der Waals surface area contributed by atoms with E-state index < -0.39 is 0 Å². The van der Waals surface area contributed by atoms with Crippen LogP contribution in [0.1, 0.15) is 16.7 Å². The van der Waals surface area contributed by atoms with Gasteiger partial charge in [0.15, 0.2) is 0 Å². The summed E-state index contributed by atoms with van der Waals surface area (Å²) >= 11 is 0. The lowest BCUT2D eigenvalue weighted by Crippen LogP contribution is -2.35. The summed E-state index contributed by atoms with van der Waals surface area (Å²) < 4.78 is 11.0. The van der Waals surface area contributed by atoms with Crippen LogP contribution in [0.4, 0.5) is 5.69 Å². The van der Waals surface area contributed by atoms with Crippen LogP contribution >= 0.6 is 0 Å². The summed E-state index contributed by atoms with van der Waals surface area (Å²) in [6, 6.07) is 26.3. The van der Waals surface area contributed by atoms with E-state index in [-0.39, 0.29) is 5.91 Å². The van der Waals surface area contributed by atoms with E-state index in [0.717, 1.165) is 58.1 Å². The number of hydrogen-bond acceptors (Lipinski definition) is 4. The van der Waals surface area contributed by atoms with Crippen molar-refractivity contribution >= 4 is 28.4 Å². The molecule has 172 valence electrons. The number of benzene rings is 3. The van der Waals surface area contributed by atoms with Gasteiger partial charge in [-0.05, 0) is 53.1 Å². The van der Waals surface area contributed by atoms with Crippen LogP contribution in [0.2, 0.25) is 0 Å². The van der Waals surface area contributed by atoms with Gasteiger partial charge in [-0.1, -0.05) is 48.5 Å². The number of methoxy groups -OCH3 is 1. The molecule has 2 heterocycles. The number of rotatable bonds is 5. The first kappa shape index (κ1) is 22.0. The van der Waals surface area contributed by atoms with Gasteiger partial charge in [0.2, 0.25) is 0 Å². The molecule has 1 amide bonds. The molecule has 0 spiro atoms. The molecule has 34 heavy (non-hydrogen) atoms. The van der Waals surface area contributed by atoms with E-state index >= 15 is 0 Å². The summed E-state index contributed by atoms with van der Waals surface area (Å²) in [5.41, 5.74) is 6.68. The smallest absolute Gasteiger partial charge is 0.259 e. The Morgan fingerprint density at radius 3 is 2.26 bits per heavy atom. The Bertz CT molecular complexity index is 1240. The number of para-hydroxylation sites is 1. The number of fused-ring (bicyclic) bond motifs is 1. The first-order valence-electron chi connectivity index (χ1n) is 11.5. The Labute approximate surface area is 200 Å². The molecule has 0 radical (unpaired) electrons. The maximum absolute atomic E-state index is 13.5. The third-order valence-electron chi connectivity index (χ3n) is 6.43. The van der Waals surface area contributed by atoms with Crippen molar-refractivity contribution in [1.29, 1.82) is 0 Å². The van der Waals surface area contributed by atoms with Crippen molar-refractivity contribution in [3.05, 3.63) is 102 Å². The molecule has 3 aromatic rings. The van der Waals surface area contributed by atoms with Crippen molar-refractivity contribution in [3.63, 3.8) is 0 Å². The highest BCUT2D eigenvalue weighted by atomic mass is 16.5. The fourth-order valence-corrected chi connectivity index (χ4v) is 4.61. The highest BCUT2D eigenvalue weighted by Gasteiger charge is 2.32. The number of hydrogen-bond donors (Lipinski definition) is 0. The van der Waals surface area contributed by atoms with Crippen molar-refractivity contribution in [3.8, 4) is 5.75 Å². The van der Waals surface area contributed by atoms with Gasteiger partial charge in [0, 0.05) is 31.4 Å². The summed E-state index contributed by atoms with van der Waals surface area (Å²) in [7, 11) is 3.51. The monoisotopic (exact) mass is 452 g/mol. The molecule has 5 rings (SSSR count). The molecule has 5 nitrogen and oxygen atoms in total. The van der Waals surface area contributed by atoms with Gasteiger partial charge in [-0.3, -0.25) is 4.79 Å². The molecular formula is C29H28N2O3. The molecule has 0 bridgehead atoms. The topological polar surface area (TPSA) is 42.0 Å². The van der Waals surface area contributed by atoms with E-state index in [0.29, 0.717) is 13.2 Å². The fraction of sp³-hybridized carbons (Fsp3) is 0.207. The minimum absolute atomic E-state index is 0.00682. The maximum atomic E-state index is 13.5. The van der Waals surface area contributed by atoms with Gasteiger partial charge in [-0.15, -0.1) is 0 Å². The Balaban J connectivity index is 1.75. The number of morpholine rings is 1. The van der Waals surface area contributed by atoms with E-state index in [9.17, 15) is 4.79 Å². The molecule has 1 saturated heterocycles. The normalized spacial score (nSPS) is 17.6. The average molecular weight is 453 g/mol. The molecule has 0 aromatic heterocycles. The van der Waals surface area contributed by atoms with Gasteiger partial charge >= 0.3 is 0 Å². The SMILES string of the molecule is COc1ccc(/C(=C\C(=C2\C(=O)N(C)c3ccccc32)c2ccccc2)N2CCOCC2)cc1. The van der Waals surface area contributed by atoms with E-state index in [1.807, 2.05) is 61.6 Å². The van der Waals surface area contributed by atoms with Gasteiger partial charge in [0.25, 0.3) is 5.91 Å². The first-order chi connectivity index (χ1) is 16.7. The van der Waals surface area contributed by atoms with E-state index in [2.05, 4.69) is 35.2 Å². The van der Waals surface area contributed by atoms with Crippen molar-refractivity contribution in [2.45, 2.75) is 0 Å². The lowest BCUT2D eigenvalue weighted by atomic mass is 9.93. The van der Waals surface area contributed by atoms with Crippen molar-refractivity contribution < 1.29 is 14.3 Å². The van der Waals surface area contributed by atoms with Crippen LogP contribution in [0.25, 0.3) is 16.8 Å². The number of ether oxygens (including phenoxy) is 2. The minimum Gasteiger partial charge on any atom is -0.497 e. The van der Waals surface area contributed by atoms with Gasteiger partial charge in [0.05, 0.1) is 31.6 Å². The van der Waals surface area contributed by atoms with Crippen molar-refractivity contribution in [2.75, 3.05) is 45.4 Å². The van der Waals surface area contributed by atoms with Crippen LogP contribution in [0.5, 0.6) is 5.75 Å². The van der Waals surface area contributed by atoms with Crippen LogP contribution in [0, 0.1) is 0 Å². The Morgan fingerprint density at radius 1 is 0.882 bits per heavy atom. The second-order valence-electron chi connectivity index (χ2n) is 8.39. The second kappa shape index (κ2) is 9.57. The van der Waals surface area contributed by atoms with Crippen LogP contribution in [0.3, 0.4) is 0 Å². The summed E-state index contributed by atoms with van der Waals surface area (Å²) in [6.45, 7) is 2.93. The number of carbonyl (C=O) groups is 1. The van der Waals surface area contributed by atoms with Gasteiger partial charge in [-0.25, -0.2) is 0 Å². The molecule has 0 saturated carbocycles. The third-order valence-corrected chi connectivity index (χ3v) is 6.43. The molecule has 0 unspecified atom stereocenters. The molecular weight excluding hydrogens is 424 g/mol. The third kappa shape index (κ3) is 4.11. The van der Waals surface area contributed by atoms with Crippen molar-refractivity contribution in [2.24, 2.45) is 0 Å². The second-order valence-corrected chi connectivity index (χ2v) is 8.39. The molecule has 0 N–H and O–H groups in total. The minimum atomic E-state index is 0.00682. The lowest BCUT2D eigenvalue weighted by Gasteiger charge is -2.32. The molecule has 2 aliphatic rings. The van der Waals surface area contributed by atoms with Gasteiger partial charge < -0.3 is 19.3 Å². The zero-order valence-corrected chi connectivity index (χ0v) is 19.5. The largest absolute Gasteiger partial charge is 0.497 e. The summed E-state index contributed by atoms with van der Waals surface area (Å²) in [6.07, 6.45) is 2.17. The number of carbonyl (C=O) groups excluding carboxylic acids is 1. The van der Waals surface area contributed by atoms with E-state index in [1.54, 1.807) is 12.0 Å². The standard InChI is InChI=1S/C29H28N2O3/c1-30-26-11-7-6-10-24(26)28(29(30)32)25(21-8-4-3-5-9-21)20-27(31-16-18-34-19-17-31)22-12-14-23(33-2)15-13-22/h3-15,20H,16-19H2,1-2H3/b27-20+,28-25-. The maximum Gasteiger partial charge on any atom is 0.259 e. The van der Waals surface area contributed by atoms with Crippen LogP contribution in [0.15, 0.2) is 84.9 Å². The molecule has 0 atom stereocenters. The fourth-order valence-electron chi connectivity index (χ4n) is 4.61. The van der Waals surface area contributed by atoms with Crippen LogP contribution in [-0.4, -0.2) is 51.3 Å². The Kier molecular flexibility index (Phi) is 6.19. The predicted octanol–water partition coefficient (Wildman–Crippen LogP) is 4.96. The average Bonchev–Trinajstić information content (AvgIpc) is 3.16. The van der Waals surface area contributed by atoms with Crippen LogP contribution < -0.4 is 9.64 Å². The summed E-state index contributed by atoms with van der Waals surface area (Å²) in [5, 5.41) is 0. The van der Waals surface area contributed by atoms with Crippen LogP contribution in [-0.2, 0) is 9.53 Å². The zero-order valence-electron chi connectivity index (χ0n) is 19.5. The number of allylic oxidation sites excluding steroid dienone is 2. The molecule has 3 aromatic carbocycles. The molecule has 2 aliphatic heterocycles. The molecule has 1 fully saturated rings. The Morgan fingerprint density at radius 2 is 1.56 bits per heavy atom. The highest BCUT2D eigenvalue weighted by molar-refractivity contribution is 6.38. The lowest BCUT2D eigenvalue weighted by molar-refractivity contribution is -0.112. The number of amides is 1. The quantitative estimate of drug-likeness (QED) is 0.514. The molecule has 0 aliphatic carbocycles. The number of likely N-dealkylation sites (N-methyl/N-ethyl adjacent to an activating group) is 1. The first-order valence-corrected chi connectivity index (χ1v) is 11.5. The summed E-state index contributed by atoms with van der Waals surface area (Å²) in [5.74, 6) is 0.820. The van der Waals surface area contributed by atoms with E-state index in [4.69, 9.17) is 9.47 Å². The Hall–Kier alpha value is -3.83. The summed E-state index contributed by atoms with van der Waals surface area (Å²) in [4.78, 5) is 17.6. The van der Waals surface area contributed by atoms with Gasteiger partial charge in [0.1, 0.15) is 5.75 Å². The van der Waals surface area contributed by atoms with E-state index in [1.165, 1.54) is 0 Å². The van der Waals surface area contributed by atoms with Crippen molar-refractivity contribution in [1.82, 2.24) is 4.90 Å². The van der Waals surface area contributed by atoms with Gasteiger partial charge in [-0.2, -0.15) is 0 Å². The number of anilines is 1. The number of nitrogens with zero attached hydrogens (tertiary/aromatic N) is 2.